The molecule has 0 aromatic carbocycles. The van der Waals surface area contributed by atoms with Crippen LogP contribution in [0.15, 0.2) is 0 Å². The summed E-state index contributed by atoms with van der Waals surface area (Å²) in [7, 11) is 2.06. The number of nitrogens with zero attached hydrogens (tertiary/aromatic N) is 1. The van der Waals surface area contributed by atoms with E-state index in [1.165, 1.54) is 6.42 Å². The lowest BCUT2D eigenvalue weighted by atomic mass is 10.0. The van der Waals surface area contributed by atoms with E-state index in [4.69, 9.17) is 9.47 Å². The minimum atomic E-state index is -0.256. The molecule has 1 N–H and O–H groups in total. The average molecular weight is 229 g/mol. The van der Waals surface area contributed by atoms with Crippen molar-refractivity contribution in [3.05, 3.63) is 0 Å². The van der Waals surface area contributed by atoms with Crippen LogP contribution < -0.4 is 0 Å². The molecule has 2 saturated heterocycles. The first-order chi connectivity index (χ1) is 7.75. The molecule has 0 aromatic rings. The molecule has 0 amide bonds. The number of hydrogen-bond donors (Lipinski definition) is 1. The van der Waals surface area contributed by atoms with Gasteiger partial charge in [-0.25, -0.2) is 0 Å². The zero-order valence-electron chi connectivity index (χ0n) is 10.1. The Morgan fingerprint density at radius 1 is 1.38 bits per heavy atom. The highest BCUT2D eigenvalue weighted by Crippen LogP contribution is 2.18. The van der Waals surface area contributed by atoms with Crippen LogP contribution in [0, 0.1) is 5.92 Å². The van der Waals surface area contributed by atoms with E-state index in [-0.39, 0.29) is 6.10 Å². The van der Waals surface area contributed by atoms with Gasteiger partial charge in [-0.05, 0) is 26.3 Å². The monoisotopic (exact) mass is 229 g/mol. The molecule has 0 bridgehead atoms. The second-order valence-electron chi connectivity index (χ2n) is 5.05. The van der Waals surface area contributed by atoms with Crippen LogP contribution in [0.4, 0.5) is 0 Å². The number of likely N-dealkylation sites (N-methyl/N-ethyl adjacent to an activating group) is 1. The van der Waals surface area contributed by atoms with Gasteiger partial charge in [0.1, 0.15) is 0 Å². The maximum atomic E-state index is 10.0. The molecule has 2 rings (SSSR count). The van der Waals surface area contributed by atoms with Crippen LogP contribution in [0.3, 0.4) is 0 Å². The maximum Gasteiger partial charge on any atom is 0.0717 e. The fourth-order valence-electron chi connectivity index (χ4n) is 2.54. The SMILES string of the molecule is CN(CC1CCCO1)CC(O)C1CCOC1. The Hall–Kier alpha value is -0.160. The number of hydrogen-bond acceptors (Lipinski definition) is 4. The Bertz CT molecular complexity index is 200. The molecule has 2 aliphatic heterocycles. The van der Waals surface area contributed by atoms with Crippen molar-refractivity contribution < 1.29 is 14.6 Å². The molecule has 2 heterocycles. The molecule has 0 aliphatic carbocycles. The van der Waals surface area contributed by atoms with Gasteiger partial charge >= 0.3 is 0 Å². The predicted octanol–water partition coefficient (Wildman–Crippen LogP) is 0.495. The van der Waals surface area contributed by atoms with Crippen LogP contribution in [-0.2, 0) is 9.47 Å². The van der Waals surface area contributed by atoms with E-state index in [0.29, 0.717) is 12.0 Å². The van der Waals surface area contributed by atoms with Crippen molar-refractivity contribution in [1.82, 2.24) is 4.90 Å². The largest absolute Gasteiger partial charge is 0.391 e. The fourth-order valence-corrected chi connectivity index (χ4v) is 2.54. The van der Waals surface area contributed by atoms with Gasteiger partial charge in [0.15, 0.2) is 0 Å². The van der Waals surface area contributed by atoms with Gasteiger partial charge < -0.3 is 19.5 Å². The van der Waals surface area contributed by atoms with E-state index in [1.54, 1.807) is 0 Å². The molecule has 3 unspecified atom stereocenters. The lowest BCUT2D eigenvalue weighted by molar-refractivity contribution is 0.0371. The standard InChI is InChI=1S/C12H23NO3/c1-13(7-11-3-2-5-16-11)8-12(14)10-4-6-15-9-10/h10-12,14H,2-9H2,1H3. The lowest BCUT2D eigenvalue weighted by Crippen LogP contribution is -2.38. The first-order valence-electron chi connectivity index (χ1n) is 6.31. The Balaban J connectivity index is 1.66. The maximum absolute atomic E-state index is 10.0. The van der Waals surface area contributed by atoms with Crippen molar-refractivity contribution in [2.45, 2.75) is 31.5 Å². The highest BCUT2D eigenvalue weighted by atomic mass is 16.5. The number of aliphatic hydroxyl groups is 1. The third kappa shape index (κ3) is 3.42. The summed E-state index contributed by atoms with van der Waals surface area (Å²) in [5.41, 5.74) is 0. The molecule has 0 spiro atoms. The summed E-state index contributed by atoms with van der Waals surface area (Å²) in [5.74, 6) is 0.326. The minimum Gasteiger partial charge on any atom is -0.391 e. The Kier molecular flexibility index (Phi) is 4.58. The third-order valence-electron chi connectivity index (χ3n) is 3.55. The number of aliphatic hydroxyl groups excluding tert-OH is 1. The molecular weight excluding hydrogens is 206 g/mol. The highest BCUT2D eigenvalue weighted by molar-refractivity contribution is 4.77. The van der Waals surface area contributed by atoms with Gasteiger partial charge in [-0.3, -0.25) is 0 Å². The van der Waals surface area contributed by atoms with E-state index < -0.39 is 0 Å². The Labute approximate surface area is 97.5 Å². The molecule has 3 atom stereocenters. The van der Waals surface area contributed by atoms with Gasteiger partial charge in [-0.1, -0.05) is 0 Å². The zero-order chi connectivity index (χ0) is 11.4. The van der Waals surface area contributed by atoms with Crippen molar-refractivity contribution in [1.29, 1.82) is 0 Å². The van der Waals surface area contributed by atoms with Gasteiger partial charge in [-0.15, -0.1) is 0 Å². The number of ether oxygens (including phenoxy) is 2. The molecule has 4 heteroatoms. The summed E-state index contributed by atoms with van der Waals surface area (Å²) < 4.78 is 10.9. The molecular formula is C12H23NO3. The highest BCUT2D eigenvalue weighted by Gasteiger charge is 2.26. The molecule has 0 saturated carbocycles. The summed E-state index contributed by atoms with van der Waals surface area (Å²) >= 11 is 0. The number of rotatable bonds is 5. The van der Waals surface area contributed by atoms with E-state index in [0.717, 1.165) is 45.8 Å². The first kappa shape index (κ1) is 12.3. The van der Waals surface area contributed by atoms with Crippen LogP contribution in [0.5, 0.6) is 0 Å². The van der Waals surface area contributed by atoms with Gasteiger partial charge in [0.05, 0.1) is 18.8 Å². The van der Waals surface area contributed by atoms with Gasteiger partial charge in [0.2, 0.25) is 0 Å². The van der Waals surface area contributed by atoms with Crippen molar-refractivity contribution in [3.63, 3.8) is 0 Å². The van der Waals surface area contributed by atoms with Crippen molar-refractivity contribution in [2.24, 2.45) is 5.92 Å². The van der Waals surface area contributed by atoms with E-state index >= 15 is 0 Å². The predicted molar refractivity (Wildman–Crippen MR) is 61.4 cm³/mol. The lowest BCUT2D eigenvalue weighted by Gasteiger charge is -2.25. The topological polar surface area (TPSA) is 41.9 Å². The molecule has 94 valence electrons. The van der Waals surface area contributed by atoms with E-state index in [2.05, 4.69) is 11.9 Å². The smallest absolute Gasteiger partial charge is 0.0717 e. The normalized spacial score (nSPS) is 32.4. The molecule has 16 heavy (non-hydrogen) atoms. The second kappa shape index (κ2) is 5.96. The van der Waals surface area contributed by atoms with Gasteiger partial charge in [-0.2, -0.15) is 0 Å². The molecule has 0 radical (unpaired) electrons. The summed E-state index contributed by atoms with van der Waals surface area (Å²) in [4.78, 5) is 2.18. The summed E-state index contributed by atoms with van der Waals surface area (Å²) in [6, 6.07) is 0. The second-order valence-corrected chi connectivity index (χ2v) is 5.05. The van der Waals surface area contributed by atoms with Crippen molar-refractivity contribution in [3.8, 4) is 0 Å². The van der Waals surface area contributed by atoms with E-state index in [1.807, 2.05) is 0 Å². The van der Waals surface area contributed by atoms with Crippen LogP contribution in [0.1, 0.15) is 19.3 Å². The van der Waals surface area contributed by atoms with Crippen LogP contribution in [-0.4, -0.2) is 62.2 Å². The van der Waals surface area contributed by atoms with Crippen molar-refractivity contribution >= 4 is 0 Å². The van der Waals surface area contributed by atoms with Crippen molar-refractivity contribution in [2.75, 3.05) is 40.0 Å². The van der Waals surface area contributed by atoms with Crippen LogP contribution >= 0.6 is 0 Å². The summed E-state index contributed by atoms with van der Waals surface area (Å²) in [6.45, 7) is 4.09. The summed E-state index contributed by atoms with van der Waals surface area (Å²) in [5, 5.41) is 10.0. The average Bonchev–Trinajstić information content (AvgIpc) is 2.88. The Morgan fingerprint density at radius 3 is 2.88 bits per heavy atom. The van der Waals surface area contributed by atoms with Crippen LogP contribution in [0.2, 0.25) is 0 Å². The van der Waals surface area contributed by atoms with Crippen LogP contribution in [0.25, 0.3) is 0 Å². The molecule has 4 nitrogen and oxygen atoms in total. The first-order valence-corrected chi connectivity index (χ1v) is 6.31. The minimum absolute atomic E-state index is 0.256. The van der Waals surface area contributed by atoms with E-state index in [9.17, 15) is 5.11 Å². The Morgan fingerprint density at radius 2 is 2.25 bits per heavy atom. The fraction of sp³-hybridized carbons (Fsp3) is 1.00. The van der Waals surface area contributed by atoms with Gasteiger partial charge in [0.25, 0.3) is 0 Å². The molecule has 2 fully saturated rings. The van der Waals surface area contributed by atoms with Gasteiger partial charge in [0, 0.05) is 32.2 Å². The third-order valence-corrected chi connectivity index (χ3v) is 3.55. The molecule has 0 aromatic heterocycles. The quantitative estimate of drug-likeness (QED) is 0.745. The molecule has 2 aliphatic rings. The zero-order valence-corrected chi connectivity index (χ0v) is 10.1. The summed E-state index contributed by atoms with van der Waals surface area (Å²) in [6.07, 6.45) is 3.45.